The lowest BCUT2D eigenvalue weighted by Gasteiger charge is -2.28. The van der Waals surface area contributed by atoms with Crippen LogP contribution in [0.25, 0.3) is 0 Å². The number of epoxide rings is 1. The van der Waals surface area contributed by atoms with E-state index in [1.54, 1.807) is 0 Å². The zero-order valence-corrected chi connectivity index (χ0v) is 9.84. The highest BCUT2D eigenvalue weighted by Crippen LogP contribution is 2.47. The van der Waals surface area contributed by atoms with Crippen LogP contribution in [0.4, 0.5) is 0 Å². The Kier molecular flexibility index (Phi) is 2.13. The van der Waals surface area contributed by atoms with Crippen molar-refractivity contribution < 1.29 is 14.3 Å². The van der Waals surface area contributed by atoms with Crippen LogP contribution in [0, 0.1) is 0 Å². The molecule has 1 fully saturated rings. The van der Waals surface area contributed by atoms with E-state index in [4.69, 9.17) is 9.47 Å². The molecule has 0 amide bonds. The van der Waals surface area contributed by atoms with Crippen LogP contribution in [0.5, 0.6) is 0 Å². The first kappa shape index (κ1) is 10.5. The van der Waals surface area contributed by atoms with Crippen molar-refractivity contribution in [2.24, 2.45) is 0 Å². The summed E-state index contributed by atoms with van der Waals surface area (Å²) in [5.41, 5.74) is 0.875. The van der Waals surface area contributed by atoms with Crippen molar-refractivity contribution in [3.8, 4) is 0 Å². The average Bonchev–Trinajstić information content (AvgIpc) is 3.16. The van der Waals surface area contributed by atoms with Gasteiger partial charge in [-0.15, -0.1) is 0 Å². The van der Waals surface area contributed by atoms with Gasteiger partial charge in [-0.05, 0) is 18.6 Å². The molecule has 1 heterocycles. The molecule has 1 aliphatic heterocycles. The van der Waals surface area contributed by atoms with Gasteiger partial charge < -0.3 is 9.47 Å². The highest BCUT2D eigenvalue weighted by Gasteiger charge is 2.59. The third-order valence-electron chi connectivity index (χ3n) is 3.63. The number of fused-ring (bicyclic) bond motifs is 1. The normalized spacial score (nSPS) is 34.9. The zero-order chi connectivity index (χ0) is 12.0. The van der Waals surface area contributed by atoms with Gasteiger partial charge in [-0.3, -0.25) is 4.79 Å². The lowest BCUT2D eigenvalue weighted by Crippen LogP contribution is -2.35. The van der Waals surface area contributed by atoms with E-state index in [0.717, 1.165) is 5.56 Å². The molecule has 3 rings (SSSR count). The van der Waals surface area contributed by atoms with Crippen LogP contribution < -0.4 is 0 Å². The van der Waals surface area contributed by atoms with Crippen molar-refractivity contribution in [2.45, 2.75) is 24.5 Å². The van der Waals surface area contributed by atoms with Gasteiger partial charge in [0.05, 0.1) is 7.11 Å². The zero-order valence-electron chi connectivity index (χ0n) is 9.84. The predicted molar refractivity (Wildman–Crippen MR) is 62.6 cm³/mol. The summed E-state index contributed by atoms with van der Waals surface area (Å²) < 4.78 is 10.7. The standard InChI is InChI=1S/C14H14O3/c1-14(9-6-4-3-5-7-9)8-10(16-2)11(15)12-13(14)17-12/h3-8,12-13H,1-2H3. The van der Waals surface area contributed by atoms with Crippen molar-refractivity contribution in [2.75, 3.05) is 7.11 Å². The molecule has 1 aromatic rings. The molecule has 1 saturated heterocycles. The van der Waals surface area contributed by atoms with E-state index in [0.29, 0.717) is 5.76 Å². The summed E-state index contributed by atoms with van der Waals surface area (Å²) in [7, 11) is 1.53. The topological polar surface area (TPSA) is 38.8 Å². The largest absolute Gasteiger partial charge is 0.493 e. The number of carbonyl (C=O) groups is 1. The molecule has 2 aliphatic rings. The molecule has 1 aromatic carbocycles. The van der Waals surface area contributed by atoms with Gasteiger partial charge in [0.25, 0.3) is 0 Å². The molecule has 17 heavy (non-hydrogen) atoms. The van der Waals surface area contributed by atoms with Crippen LogP contribution in [0.15, 0.2) is 42.2 Å². The third kappa shape index (κ3) is 1.42. The first-order valence-electron chi connectivity index (χ1n) is 5.69. The van der Waals surface area contributed by atoms with E-state index in [1.807, 2.05) is 24.3 Å². The quantitative estimate of drug-likeness (QED) is 0.727. The van der Waals surface area contributed by atoms with E-state index >= 15 is 0 Å². The highest BCUT2D eigenvalue weighted by molar-refractivity contribution is 6.01. The number of Topliss-reactive ketones (excluding diaryl/α,β-unsaturated/α-hetero) is 1. The van der Waals surface area contributed by atoms with Gasteiger partial charge in [0.15, 0.2) is 11.9 Å². The minimum absolute atomic E-state index is 0.0362. The Morgan fingerprint density at radius 2 is 2.00 bits per heavy atom. The van der Waals surface area contributed by atoms with E-state index < -0.39 is 0 Å². The molecule has 0 saturated carbocycles. The third-order valence-corrected chi connectivity index (χ3v) is 3.63. The number of ketones is 1. The molecule has 0 aromatic heterocycles. The predicted octanol–water partition coefficient (Wildman–Crippen LogP) is 1.82. The number of benzene rings is 1. The monoisotopic (exact) mass is 230 g/mol. The second-order valence-electron chi connectivity index (χ2n) is 4.70. The number of hydrogen-bond donors (Lipinski definition) is 0. The Morgan fingerprint density at radius 3 is 2.65 bits per heavy atom. The average molecular weight is 230 g/mol. The van der Waals surface area contributed by atoms with E-state index in [1.165, 1.54) is 7.11 Å². The fraction of sp³-hybridized carbons (Fsp3) is 0.357. The van der Waals surface area contributed by atoms with Crippen LogP contribution in [0.3, 0.4) is 0 Å². The Labute approximate surface area is 100 Å². The lowest BCUT2D eigenvalue weighted by molar-refractivity contribution is -0.119. The van der Waals surface area contributed by atoms with Crippen LogP contribution in [-0.4, -0.2) is 25.1 Å². The highest BCUT2D eigenvalue weighted by atomic mass is 16.6. The maximum atomic E-state index is 11.8. The Bertz CT molecular complexity index is 491. The van der Waals surface area contributed by atoms with Crippen molar-refractivity contribution >= 4 is 5.78 Å². The van der Waals surface area contributed by atoms with Gasteiger partial charge in [0.1, 0.15) is 6.10 Å². The number of ether oxygens (including phenoxy) is 2. The fourth-order valence-electron chi connectivity index (χ4n) is 2.54. The minimum Gasteiger partial charge on any atom is -0.493 e. The molecule has 3 heteroatoms. The van der Waals surface area contributed by atoms with Gasteiger partial charge in [-0.25, -0.2) is 0 Å². The van der Waals surface area contributed by atoms with Gasteiger partial charge in [-0.2, -0.15) is 0 Å². The van der Waals surface area contributed by atoms with Gasteiger partial charge in [0, 0.05) is 5.41 Å². The molecular weight excluding hydrogens is 216 g/mol. The van der Waals surface area contributed by atoms with Crippen molar-refractivity contribution in [1.29, 1.82) is 0 Å². The molecule has 0 bridgehead atoms. The van der Waals surface area contributed by atoms with Crippen LogP contribution >= 0.6 is 0 Å². The van der Waals surface area contributed by atoms with Gasteiger partial charge in [-0.1, -0.05) is 30.3 Å². The molecule has 1 aliphatic carbocycles. The summed E-state index contributed by atoms with van der Waals surface area (Å²) in [4.78, 5) is 11.8. The summed E-state index contributed by atoms with van der Waals surface area (Å²) >= 11 is 0. The Hall–Kier alpha value is -1.61. The summed E-state index contributed by atoms with van der Waals surface area (Å²) in [5.74, 6) is 0.376. The number of methoxy groups -OCH3 is 1. The molecule has 3 nitrogen and oxygen atoms in total. The molecular formula is C14H14O3. The molecule has 0 spiro atoms. The van der Waals surface area contributed by atoms with E-state index in [-0.39, 0.29) is 23.4 Å². The Balaban J connectivity index is 2.08. The number of rotatable bonds is 2. The first-order valence-corrected chi connectivity index (χ1v) is 5.69. The smallest absolute Gasteiger partial charge is 0.228 e. The SMILES string of the molecule is COC1=CC(C)(c2ccccc2)C2OC2C1=O. The maximum absolute atomic E-state index is 11.8. The van der Waals surface area contributed by atoms with Crippen molar-refractivity contribution in [3.05, 3.63) is 47.7 Å². The second kappa shape index (κ2) is 3.44. The summed E-state index contributed by atoms with van der Waals surface area (Å²) in [6.07, 6.45) is 1.52. The van der Waals surface area contributed by atoms with Crippen LogP contribution in [0.2, 0.25) is 0 Å². The number of carbonyl (C=O) groups excluding carboxylic acids is 1. The minimum atomic E-state index is -0.319. The van der Waals surface area contributed by atoms with Crippen LogP contribution in [-0.2, 0) is 19.7 Å². The van der Waals surface area contributed by atoms with Crippen LogP contribution in [0.1, 0.15) is 12.5 Å². The van der Waals surface area contributed by atoms with Crippen molar-refractivity contribution in [3.63, 3.8) is 0 Å². The fourth-order valence-corrected chi connectivity index (χ4v) is 2.54. The molecule has 3 atom stereocenters. The second-order valence-corrected chi connectivity index (χ2v) is 4.70. The Morgan fingerprint density at radius 1 is 1.29 bits per heavy atom. The first-order chi connectivity index (χ1) is 8.16. The molecule has 0 N–H and O–H groups in total. The van der Waals surface area contributed by atoms with E-state index in [9.17, 15) is 4.79 Å². The van der Waals surface area contributed by atoms with Crippen molar-refractivity contribution in [1.82, 2.24) is 0 Å². The maximum Gasteiger partial charge on any atom is 0.228 e. The van der Waals surface area contributed by atoms with E-state index in [2.05, 4.69) is 19.1 Å². The molecule has 88 valence electrons. The lowest BCUT2D eigenvalue weighted by atomic mass is 9.74. The molecule has 3 unspecified atom stereocenters. The number of hydrogen-bond acceptors (Lipinski definition) is 3. The molecule has 0 radical (unpaired) electrons. The summed E-state index contributed by atoms with van der Waals surface area (Å²) in [5, 5.41) is 0. The van der Waals surface area contributed by atoms with Gasteiger partial charge >= 0.3 is 0 Å². The summed E-state index contributed by atoms with van der Waals surface area (Å²) in [6, 6.07) is 10.1. The van der Waals surface area contributed by atoms with Gasteiger partial charge in [0.2, 0.25) is 5.78 Å². The summed E-state index contributed by atoms with van der Waals surface area (Å²) in [6.45, 7) is 2.08.